The molecule has 96 valence electrons. The zero-order valence-corrected chi connectivity index (χ0v) is 11.7. The lowest BCUT2D eigenvalue weighted by molar-refractivity contribution is 1.73. The lowest BCUT2D eigenvalue weighted by Gasteiger charge is -2.10. The fourth-order valence-electron chi connectivity index (χ4n) is 2.99. The van der Waals surface area contributed by atoms with E-state index < -0.39 is 0 Å². The molecule has 0 aliphatic rings. The van der Waals surface area contributed by atoms with E-state index in [1.54, 1.807) is 6.92 Å². The first-order valence-electron chi connectivity index (χ1n) is 6.97. The standard InChI is InChI=1S/C21H12/c1-2-3-4-6-15-13-18-11-9-16-7-5-8-17-10-12-19(14-15)21(18)20(16)17/h5,7-14H,1H3. The molecule has 0 aromatic heterocycles. The minimum Gasteiger partial charge on any atom is -0.0925 e. The number of benzene rings is 4. The van der Waals surface area contributed by atoms with E-state index in [1.807, 2.05) is 0 Å². The van der Waals surface area contributed by atoms with Gasteiger partial charge in [-0.2, -0.15) is 0 Å². The Bertz CT molecular complexity index is 1030. The van der Waals surface area contributed by atoms with Gasteiger partial charge < -0.3 is 0 Å². The Morgan fingerprint density at radius 2 is 1.24 bits per heavy atom. The summed E-state index contributed by atoms with van der Waals surface area (Å²) in [5.41, 5.74) is 1.02. The predicted octanol–water partition coefficient (Wildman–Crippen LogP) is 4.96. The van der Waals surface area contributed by atoms with E-state index in [0.717, 1.165) is 5.56 Å². The Morgan fingerprint density at radius 1 is 0.667 bits per heavy atom. The Kier molecular flexibility index (Phi) is 2.56. The molecule has 0 aliphatic heterocycles. The van der Waals surface area contributed by atoms with E-state index in [-0.39, 0.29) is 0 Å². The summed E-state index contributed by atoms with van der Waals surface area (Å²) in [6.07, 6.45) is 0. The van der Waals surface area contributed by atoms with Crippen molar-refractivity contribution in [2.75, 3.05) is 0 Å². The first-order chi connectivity index (χ1) is 10.4. The van der Waals surface area contributed by atoms with Gasteiger partial charge in [-0.05, 0) is 63.2 Å². The molecule has 0 unspecified atom stereocenters. The summed E-state index contributed by atoms with van der Waals surface area (Å²) in [5, 5.41) is 7.75. The monoisotopic (exact) mass is 264 g/mol. The van der Waals surface area contributed by atoms with Crippen LogP contribution in [-0.4, -0.2) is 0 Å². The van der Waals surface area contributed by atoms with E-state index in [1.165, 1.54) is 32.3 Å². The summed E-state index contributed by atoms with van der Waals surface area (Å²) in [4.78, 5) is 0. The topological polar surface area (TPSA) is 0 Å². The summed E-state index contributed by atoms with van der Waals surface area (Å²) in [5.74, 6) is 11.6. The van der Waals surface area contributed by atoms with Crippen LogP contribution >= 0.6 is 0 Å². The molecule has 4 aromatic carbocycles. The maximum atomic E-state index is 3.12. The third kappa shape index (κ3) is 1.82. The largest absolute Gasteiger partial charge is 0.0925 e. The van der Waals surface area contributed by atoms with Crippen molar-refractivity contribution < 1.29 is 0 Å². The molecule has 0 bridgehead atoms. The van der Waals surface area contributed by atoms with Gasteiger partial charge in [-0.3, -0.25) is 0 Å². The zero-order valence-electron chi connectivity index (χ0n) is 11.7. The summed E-state index contributed by atoms with van der Waals surface area (Å²) in [7, 11) is 0. The molecule has 0 radical (unpaired) electrons. The first kappa shape index (κ1) is 11.8. The van der Waals surface area contributed by atoms with Gasteiger partial charge in [0.15, 0.2) is 0 Å². The summed E-state index contributed by atoms with van der Waals surface area (Å²) in [6, 6.07) is 19.5. The molecule has 0 aliphatic carbocycles. The predicted molar refractivity (Wildman–Crippen MR) is 90.5 cm³/mol. The van der Waals surface area contributed by atoms with Crippen LogP contribution in [0.4, 0.5) is 0 Å². The van der Waals surface area contributed by atoms with E-state index in [0.29, 0.717) is 0 Å². The maximum Gasteiger partial charge on any atom is 0.0267 e. The highest BCUT2D eigenvalue weighted by Crippen LogP contribution is 2.34. The summed E-state index contributed by atoms with van der Waals surface area (Å²) in [6.45, 7) is 1.80. The van der Waals surface area contributed by atoms with Gasteiger partial charge in [-0.25, -0.2) is 0 Å². The highest BCUT2D eigenvalue weighted by Gasteiger charge is 2.08. The molecule has 0 nitrogen and oxygen atoms in total. The SMILES string of the molecule is CC#CC#Cc1cc2ccc3cccc4ccc(c1)c2c34. The van der Waals surface area contributed by atoms with E-state index >= 15 is 0 Å². The van der Waals surface area contributed by atoms with Crippen LogP contribution < -0.4 is 0 Å². The fraction of sp³-hybridized carbons (Fsp3) is 0.0476. The number of rotatable bonds is 0. The highest BCUT2D eigenvalue weighted by atomic mass is 14.1. The lowest BCUT2D eigenvalue weighted by Crippen LogP contribution is -1.85. The number of hydrogen-bond acceptors (Lipinski definition) is 0. The Morgan fingerprint density at radius 3 is 1.86 bits per heavy atom. The second-order valence-corrected chi connectivity index (χ2v) is 5.13. The van der Waals surface area contributed by atoms with Crippen molar-refractivity contribution in [3.05, 3.63) is 60.2 Å². The molecular formula is C21H12. The molecule has 0 amide bonds. The van der Waals surface area contributed by atoms with E-state index in [4.69, 9.17) is 0 Å². The molecule has 21 heavy (non-hydrogen) atoms. The molecule has 0 saturated heterocycles. The third-order valence-electron chi connectivity index (χ3n) is 3.86. The molecule has 0 heterocycles. The Hall–Kier alpha value is -2.96. The Balaban J connectivity index is 2.13. The van der Waals surface area contributed by atoms with Gasteiger partial charge >= 0.3 is 0 Å². The van der Waals surface area contributed by atoms with Crippen LogP contribution in [0.3, 0.4) is 0 Å². The van der Waals surface area contributed by atoms with Crippen molar-refractivity contribution in [1.82, 2.24) is 0 Å². The third-order valence-corrected chi connectivity index (χ3v) is 3.86. The van der Waals surface area contributed by atoms with E-state index in [2.05, 4.69) is 78.3 Å². The van der Waals surface area contributed by atoms with Crippen LogP contribution in [0.2, 0.25) is 0 Å². The molecule has 0 atom stereocenters. The van der Waals surface area contributed by atoms with Crippen LogP contribution in [0, 0.1) is 23.7 Å². The van der Waals surface area contributed by atoms with E-state index in [9.17, 15) is 0 Å². The molecule has 4 rings (SSSR count). The van der Waals surface area contributed by atoms with Crippen molar-refractivity contribution in [2.45, 2.75) is 6.92 Å². The van der Waals surface area contributed by atoms with Crippen molar-refractivity contribution in [1.29, 1.82) is 0 Å². The van der Waals surface area contributed by atoms with Gasteiger partial charge in [0.1, 0.15) is 0 Å². The van der Waals surface area contributed by atoms with Gasteiger partial charge in [0.05, 0.1) is 0 Å². The second kappa shape index (κ2) is 4.55. The summed E-state index contributed by atoms with van der Waals surface area (Å²) >= 11 is 0. The molecule has 0 spiro atoms. The number of hydrogen-bond donors (Lipinski definition) is 0. The minimum absolute atomic E-state index is 1.02. The molecule has 0 heteroatoms. The highest BCUT2D eigenvalue weighted by molar-refractivity contribution is 6.23. The smallest absolute Gasteiger partial charge is 0.0267 e. The van der Waals surface area contributed by atoms with Crippen LogP contribution in [0.25, 0.3) is 32.3 Å². The first-order valence-corrected chi connectivity index (χ1v) is 6.97. The molecule has 0 N–H and O–H groups in total. The fourth-order valence-corrected chi connectivity index (χ4v) is 2.99. The van der Waals surface area contributed by atoms with Crippen molar-refractivity contribution in [3.63, 3.8) is 0 Å². The van der Waals surface area contributed by atoms with Gasteiger partial charge in [0.2, 0.25) is 0 Å². The average Bonchev–Trinajstić information content (AvgIpc) is 2.53. The average molecular weight is 264 g/mol. The quantitative estimate of drug-likeness (QED) is 0.311. The Labute approximate surface area is 123 Å². The van der Waals surface area contributed by atoms with Crippen molar-refractivity contribution in [2.24, 2.45) is 0 Å². The van der Waals surface area contributed by atoms with Gasteiger partial charge in [0.25, 0.3) is 0 Å². The maximum absolute atomic E-state index is 3.12. The molecule has 4 aromatic rings. The van der Waals surface area contributed by atoms with Crippen LogP contribution in [0.15, 0.2) is 54.6 Å². The van der Waals surface area contributed by atoms with Gasteiger partial charge in [0, 0.05) is 5.56 Å². The van der Waals surface area contributed by atoms with Crippen LogP contribution in [0.1, 0.15) is 12.5 Å². The minimum atomic E-state index is 1.02. The zero-order chi connectivity index (χ0) is 14.2. The molecule has 0 saturated carbocycles. The summed E-state index contributed by atoms with van der Waals surface area (Å²) < 4.78 is 0. The lowest BCUT2D eigenvalue weighted by atomic mass is 9.93. The second-order valence-electron chi connectivity index (χ2n) is 5.13. The van der Waals surface area contributed by atoms with Crippen molar-refractivity contribution >= 4 is 32.3 Å². The van der Waals surface area contributed by atoms with Gasteiger partial charge in [-0.15, -0.1) is 0 Å². The van der Waals surface area contributed by atoms with Crippen LogP contribution in [0.5, 0.6) is 0 Å². The normalized spacial score (nSPS) is 10.3. The molecule has 0 fully saturated rings. The van der Waals surface area contributed by atoms with Crippen molar-refractivity contribution in [3.8, 4) is 23.7 Å². The molecular weight excluding hydrogens is 252 g/mol. The van der Waals surface area contributed by atoms with Gasteiger partial charge in [-0.1, -0.05) is 54.3 Å². The van der Waals surface area contributed by atoms with Crippen LogP contribution in [-0.2, 0) is 0 Å².